The van der Waals surface area contributed by atoms with E-state index in [2.05, 4.69) is 57.1 Å². The van der Waals surface area contributed by atoms with Crippen LogP contribution < -0.4 is 5.32 Å². The van der Waals surface area contributed by atoms with E-state index in [1.807, 2.05) is 35.9 Å². The molecular formula is C26H36N6O. The van der Waals surface area contributed by atoms with E-state index in [-0.39, 0.29) is 5.91 Å². The monoisotopic (exact) mass is 448 g/mol. The van der Waals surface area contributed by atoms with Crippen molar-refractivity contribution in [1.29, 1.82) is 0 Å². The van der Waals surface area contributed by atoms with Gasteiger partial charge in [-0.25, -0.2) is 4.68 Å². The van der Waals surface area contributed by atoms with E-state index >= 15 is 0 Å². The van der Waals surface area contributed by atoms with Gasteiger partial charge < -0.3 is 5.32 Å². The van der Waals surface area contributed by atoms with Crippen molar-refractivity contribution in [2.75, 3.05) is 18.4 Å². The maximum atomic E-state index is 12.5. The summed E-state index contributed by atoms with van der Waals surface area (Å²) in [7, 11) is 0. The van der Waals surface area contributed by atoms with Crippen LogP contribution in [0.4, 0.5) is 5.82 Å². The lowest BCUT2D eigenvalue weighted by molar-refractivity contribution is -0.116. The summed E-state index contributed by atoms with van der Waals surface area (Å²) in [5.74, 6) is 0.873. The Labute approximate surface area is 196 Å². The summed E-state index contributed by atoms with van der Waals surface area (Å²) in [6.45, 7) is 9.41. The molecule has 33 heavy (non-hydrogen) atoms. The Morgan fingerprint density at radius 1 is 1.15 bits per heavy atom. The highest BCUT2D eigenvalue weighted by molar-refractivity contribution is 5.89. The van der Waals surface area contributed by atoms with E-state index in [1.165, 1.54) is 11.3 Å². The first kappa shape index (κ1) is 23.2. The van der Waals surface area contributed by atoms with Crippen LogP contribution in [0, 0.1) is 13.8 Å². The Kier molecular flexibility index (Phi) is 7.60. The number of rotatable bonds is 9. The Balaban J connectivity index is 1.25. The van der Waals surface area contributed by atoms with Crippen LogP contribution in [0.25, 0.3) is 0 Å². The van der Waals surface area contributed by atoms with Gasteiger partial charge in [0.05, 0.1) is 24.5 Å². The van der Waals surface area contributed by atoms with E-state index in [4.69, 9.17) is 0 Å². The van der Waals surface area contributed by atoms with Gasteiger partial charge in [-0.1, -0.05) is 30.3 Å². The summed E-state index contributed by atoms with van der Waals surface area (Å²) in [5.41, 5.74) is 3.57. The summed E-state index contributed by atoms with van der Waals surface area (Å²) in [6, 6.07) is 15.1. The first-order chi connectivity index (χ1) is 16.0. The molecule has 1 amide bonds. The number of aromatic nitrogens is 4. The quantitative estimate of drug-likeness (QED) is 0.527. The SMILES string of the molecule is Cc1cc(C)n(CC(C)N2CCC(n3nccc3NC(=O)CCCc3ccccc3)CC2)n1. The van der Waals surface area contributed by atoms with Gasteiger partial charge in [-0.15, -0.1) is 0 Å². The van der Waals surface area contributed by atoms with Crippen LogP contribution in [-0.4, -0.2) is 49.5 Å². The molecule has 3 heterocycles. The third-order valence-corrected chi connectivity index (χ3v) is 6.66. The second kappa shape index (κ2) is 10.8. The smallest absolute Gasteiger partial charge is 0.225 e. The molecule has 0 bridgehead atoms. The van der Waals surface area contributed by atoms with Gasteiger partial charge in [0.1, 0.15) is 5.82 Å². The van der Waals surface area contributed by atoms with E-state index in [1.54, 1.807) is 6.20 Å². The molecule has 3 aromatic rings. The molecular weight excluding hydrogens is 412 g/mol. The third-order valence-electron chi connectivity index (χ3n) is 6.66. The highest BCUT2D eigenvalue weighted by Gasteiger charge is 2.26. The normalized spacial score (nSPS) is 16.1. The standard InChI is InChI=1S/C26H36N6O/c1-20-18-21(2)31(29-20)19-22(3)30-16-13-24(14-17-30)32-25(12-15-27-32)28-26(33)11-7-10-23-8-5-4-6-9-23/h4-6,8-9,12,15,18,22,24H,7,10-11,13-14,16-17,19H2,1-3H3,(H,28,33). The molecule has 176 valence electrons. The van der Waals surface area contributed by atoms with Gasteiger partial charge in [-0.3, -0.25) is 14.4 Å². The van der Waals surface area contributed by atoms with Crippen LogP contribution in [-0.2, 0) is 17.8 Å². The molecule has 2 aromatic heterocycles. The molecule has 1 aromatic carbocycles. The van der Waals surface area contributed by atoms with Gasteiger partial charge in [0.2, 0.25) is 5.91 Å². The van der Waals surface area contributed by atoms with E-state index in [0.29, 0.717) is 18.5 Å². The van der Waals surface area contributed by atoms with Crippen molar-refractivity contribution < 1.29 is 4.79 Å². The lowest BCUT2D eigenvalue weighted by atomic mass is 10.0. The second-order valence-corrected chi connectivity index (χ2v) is 9.27. The Morgan fingerprint density at radius 3 is 2.61 bits per heavy atom. The number of hydrogen-bond donors (Lipinski definition) is 1. The predicted molar refractivity (Wildman–Crippen MR) is 131 cm³/mol. The van der Waals surface area contributed by atoms with Crippen LogP contribution in [0.1, 0.15) is 55.6 Å². The van der Waals surface area contributed by atoms with Crippen molar-refractivity contribution in [1.82, 2.24) is 24.5 Å². The molecule has 0 spiro atoms. The molecule has 1 aliphatic rings. The summed E-state index contributed by atoms with van der Waals surface area (Å²) in [4.78, 5) is 15.1. The third kappa shape index (κ3) is 6.11. The number of carbonyl (C=O) groups is 1. The number of nitrogens with zero attached hydrogens (tertiary/aromatic N) is 5. The van der Waals surface area contributed by atoms with Gasteiger partial charge in [0, 0.05) is 37.3 Å². The molecule has 1 N–H and O–H groups in total. The van der Waals surface area contributed by atoms with E-state index in [0.717, 1.165) is 56.8 Å². The number of aryl methyl sites for hydroxylation is 3. The van der Waals surface area contributed by atoms with Crippen LogP contribution in [0.2, 0.25) is 0 Å². The fraction of sp³-hybridized carbons (Fsp3) is 0.500. The Bertz CT molecular complexity index is 1030. The summed E-state index contributed by atoms with van der Waals surface area (Å²) in [5, 5.41) is 12.2. The number of nitrogens with one attached hydrogen (secondary N) is 1. The number of piperidine rings is 1. The number of amides is 1. The van der Waals surface area contributed by atoms with Gasteiger partial charge in [0.25, 0.3) is 0 Å². The van der Waals surface area contributed by atoms with Crippen LogP contribution in [0.3, 0.4) is 0 Å². The number of benzene rings is 1. The lowest BCUT2D eigenvalue weighted by Gasteiger charge is -2.36. The van der Waals surface area contributed by atoms with Crippen molar-refractivity contribution in [3.8, 4) is 0 Å². The topological polar surface area (TPSA) is 68.0 Å². The van der Waals surface area contributed by atoms with Gasteiger partial charge in [-0.05, 0) is 58.1 Å². The highest BCUT2D eigenvalue weighted by Crippen LogP contribution is 2.27. The first-order valence-electron chi connectivity index (χ1n) is 12.1. The van der Waals surface area contributed by atoms with Crippen LogP contribution >= 0.6 is 0 Å². The van der Waals surface area contributed by atoms with E-state index < -0.39 is 0 Å². The minimum absolute atomic E-state index is 0.0589. The maximum Gasteiger partial charge on any atom is 0.225 e. The molecule has 0 radical (unpaired) electrons. The number of likely N-dealkylation sites (tertiary alicyclic amines) is 1. The molecule has 1 saturated heterocycles. The van der Waals surface area contributed by atoms with Crippen molar-refractivity contribution >= 4 is 11.7 Å². The Morgan fingerprint density at radius 2 is 1.91 bits per heavy atom. The fourth-order valence-corrected chi connectivity index (χ4v) is 4.80. The average Bonchev–Trinajstić information content (AvgIpc) is 3.39. The van der Waals surface area contributed by atoms with Crippen molar-refractivity contribution in [3.05, 3.63) is 65.6 Å². The maximum absolute atomic E-state index is 12.5. The zero-order valence-electron chi connectivity index (χ0n) is 20.1. The minimum Gasteiger partial charge on any atom is -0.311 e. The van der Waals surface area contributed by atoms with Crippen molar-refractivity contribution in [2.24, 2.45) is 0 Å². The molecule has 4 rings (SSSR count). The zero-order valence-corrected chi connectivity index (χ0v) is 20.1. The van der Waals surface area contributed by atoms with Crippen molar-refractivity contribution in [3.63, 3.8) is 0 Å². The molecule has 0 aliphatic carbocycles. The number of carbonyl (C=O) groups excluding carboxylic acids is 1. The predicted octanol–water partition coefficient (Wildman–Crippen LogP) is 4.38. The zero-order chi connectivity index (χ0) is 23.2. The first-order valence-corrected chi connectivity index (χ1v) is 12.1. The molecule has 1 fully saturated rings. The molecule has 0 saturated carbocycles. The largest absolute Gasteiger partial charge is 0.311 e. The average molecular weight is 449 g/mol. The van der Waals surface area contributed by atoms with Gasteiger partial charge in [0.15, 0.2) is 0 Å². The molecule has 1 atom stereocenters. The molecule has 7 heteroatoms. The molecule has 7 nitrogen and oxygen atoms in total. The van der Waals surface area contributed by atoms with E-state index in [9.17, 15) is 4.79 Å². The minimum atomic E-state index is 0.0589. The molecule has 1 aliphatic heterocycles. The summed E-state index contributed by atoms with van der Waals surface area (Å²) in [6.07, 6.45) is 6.12. The molecule has 1 unspecified atom stereocenters. The summed E-state index contributed by atoms with van der Waals surface area (Å²) >= 11 is 0. The fourth-order valence-electron chi connectivity index (χ4n) is 4.80. The number of anilines is 1. The summed E-state index contributed by atoms with van der Waals surface area (Å²) < 4.78 is 4.13. The lowest BCUT2D eigenvalue weighted by Crippen LogP contribution is -2.42. The second-order valence-electron chi connectivity index (χ2n) is 9.27. The van der Waals surface area contributed by atoms with Gasteiger partial charge in [-0.2, -0.15) is 10.2 Å². The Hall–Kier alpha value is -2.93. The highest BCUT2D eigenvalue weighted by atomic mass is 16.1. The van der Waals surface area contributed by atoms with Crippen LogP contribution in [0.15, 0.2) is 48.7 Å². The number of hydrogen-bond acceptors (Lipinski definition) is 4. The van der Waals surface area contributed by atoms with Gasteiger partial charge >= 0.3 is 0 Å². The van der Waals surface area contributed by atoms with Crippen molar-refractivity contribution in [2.45, 2.75) is 71.5 Å². The van der Waals surface area contributed by atoms with Crippen LogP contribution in [0.5, 0.6) is 0 Å².